The van der Waals surface area contributed by atoms with Crippen LogP contribution in [0.25, 0.3) is 0 Å². The van der Waals surface area contributed by atoms with Crippen molar-refractivity contribution in [2.75, 3.05) is 6.54 Å². The van der Waals surface area contributed by atoms with E-state index < -0.39 is 8.32 Å². The fraction of sp³-hybridized carbons (Fsp3) is 0.611. The minimum Gasteiger partial charge on any atom is -0.445 e. The maximum Gasteiger partial charge on any atom is 0.407 e. The zero-order valence-corrected chi connectivity index (χ0v) is 16.3. The van der Waals surface area contributed by atoms with Gasteiger partial charge in [0.15, 0.2) is 8.32 Å². The summed E-state index contributed by atoms with van der Waals surface area (Å²) in [5.74, 6) is 0. The molecule has 0 spiro atoms. The predicted octanol–water partition coefficient (Wildman–Crippen LogP) is 4.71. The van der Waals surface area contributed by atoms with Crippen molar-refractivity contribution in [1.82, 2.24) is 5.32 Å². The number of hydrogen-bond donors (Lipinski definition) is 1. The van der Waals surface area contributed by atoms with Crippen LogP contribution < -0.4 is 5.32 Å². The summed E-state index contributed by atoms with van der Waals surface area (Å²) >= 11 is 0. The van der Waals surface area contributed by atoms with Crippen LogP contribution in [-0.4, -0.2) is 27.1 Å². The molecule has 0 aliphatic rings. The monoisotopic (exact) mass is 337 g/mol. The molecule has 23 heavy (non-hydrogen) atoms. The minimum atomic E-state index is -1.75. The van der Waals surface area contributed by atoms with E-state index in [1.807, 2.05) is 30.3 Å². The minimum absolute atomic E-state index is 0.130. The van der Waals surface area contributed by atoms with E-state index in [0.717, 1.165) is 12.0 Å². The first-order chi connectivity index (χ1) is 10.6. The highest BCUT2D eigenvalue weighted by molar-refractivity contribution is 6.74. The Hall–Kier alpha value is -1.33. The van der Waals surface area contributed by atoms with Crippen LogP contribution in [0.1, 0.15) is 39.7 Å². The molecule has 0 saturated carbocycles. The third-order valence-corrected chi connectivity index (χ3v) is 8.94. The Balaban J connectivity index is 2.24. The first kappa shape index (κ1) is 19.7. The van der Waals surface area contributed by atoms with E-state index in [4.69, 9.17) is 9.16 Å². The molecule has 0 aliphatic carbocycles. The molecule has 1 aromatic carbocycles. The molecule has 0 saturated heterocycles. The van der Waals surface area contributed by atoms with Crippen molar-refractivity contribution in [2.24, 2.45) is 0 Å². The normalized spacial score (nSPS) is 13.5. The van der Waals surface area contributed by atoms with Gasteiger partial charge < -0.3 is 14.5 Å². The van der Waals surface area contributed by atoms with Crippen LogP contribution in [0.2, 0.25) is 18.1 Å². The van der Waals surface area contributed by atoms with Gasteiger partial charge in [-0.15, -0.1) is 0 Å². The maximum absolute atomic E-state index is 11.7. The molecule has 0 bridgehead atoms. The van der Waals surface area contributed by atoms with Crippen LogP contribution in [0.3, 0.4) is 0 Å². The molecule has 0 aromatic heterocycles. The lowest BCUT2D eigenvalue weighted by atomic mass is 10.2. The van der Waals surface area contributed by atoms with E-state index in [1.54, 1.807) is 0 Å². The second-order valence-electron chi connectivity index (χ2n) is 7.47. The van der Waals surface area contributed by atoms with E-state index in [-0.39, 0.29) is 17.2 Å². The van der Waals surface area contributed by atoms with Gasteiger partial charge in [0.1, 0.15) is 6.61 Å². The topological polar surface area (TPSA) is 47.6 Å². The molecule has 0 fully saturated rings. The Bertz CT molecular complexity index is 483. The number of amides is 1. The smallest absolute Gasteiger partial charge is 0.407 e. The molecule has 5 heteroatoms. The summed E-state index contributed by atoms with van der Waals surface area (Å²) in [7, 11) is -1.75. The van der Waals surface area contributed by atoms with Crippen molar-refractivity contribution in [1.29, 1.82) is 0 Å². The number of hydrogen-bond acceptors (Lipinski definition) is 3. The molecular formula is C18H31NO3Si. The summed E-state index contributed by atoms with van der Waals surface area (Å²) in [6, 6.07) is 9.66. The number of ether oxygens (including phenoxy) is 1. The Morgan fingerprint density at radius 1 is 1.22 bits per heavy atom. The first-order valence-electron chi connectivity index (χ1n) is 8.24. The van der Waals surface area contributed by atoms with Crippen LogP contribution >= 0.6 is 0 Å². The number of carbonyl (C=O) groups excluding carboxylic acids is 1. The third kappa shape index (κ3) is 7.18. The summed E-state index contributed by atoms with van der Waals surface area (Å²) in [4.78, 5) is 11.7. The second kappa shape index (κ2) is 8.50. The lowest BCUT2D eigenvalue weighted by Crippen LogP contribution is -2.43. The van der Waals surface area contributed by atoms with Gasteiger partial charge in [0.25, 0.3) is 0 Å². The molecule has 4 nitrogen and oxygen atoms in total. The van der Waals surface area contributed by atoms with Crippen molar-refractivity contribution in [3.63, 3.8) is 0 Å². The fourth-order valence-corrected chi connectivity index (χ4v) is 3.37. The highest BCUT2D eigenvalue weighted by Gasteiger charge is 2.38. The molecule has 1 N–H and O–H groups in total. The molecule has 1 aromatic rings. The Labute approximate surface area is 141 Å². The van der Waals surface area contributed by atoms with Crippen LogP contribution in [0.5, 0.6) is 0 Å². The van der Waals surface area contributed by atoms with E-state index in [9.17, 15) is 4.79 Å². The lowest BCUT2D eigenvalue weighted by Gasteiger charge is -2.38. The van der Waals surface area contributed by atoms with Gasteiger partial charge in [-0.25, -0.2) is 4.79 Å². The zero-order valence-electron chi connectivity index (χ0n) is 15.3. The van der Waals surface area contributed by atoms with Crippen LogP contribution in [0.4, 0.5) is 4.79 Å². The van der Waals surface area contributed by atoms with Gasteiger partial charge in [0, 0.05) is 12.6 Å². The third-order valence-electron chi connectivity index (χ3n) is 4.33. The zero-order chi connectivity index (χ0) is 17.5. The molecule has 0 aliphatic heterocycles. The van der Waals surface area contributed by atoms with E-state index >= 15 is 0 Å². The van der Waals surface area contributed by atoms with E-state index in [0.29, 0.717) is 13.2 Å². The number of carbonyl (C=O) groups is 1. The van der Waals surface area contributed by atoms with Gasteiger partial charge in [-0.2, -0.15) is 0 Å². The lowest BCUT2D eigenvalue weighted by molar-refractivity contribution is 0.136. The van der Waals surface area contributed by atoms with E-state index in [1.165, 1.54) is 0 Å². The number of alkyl carbamates (subject to hydrolysis) is 1. The summed E-state index contributed by atoms with van der Waals surface area (Å²) in [5.41, 5.74) is 0.984. The second-order valence-corrected chi connectivity index (χ2v) is 12.2. The first-order valence-corrected chi connectivity index (χ1v) is 11.1. The molecule has 1 atom stereocenters. The number of nitrogens with one attached hydrogen (secondary N) is 1. The average molecular weight is 338 g/mol. The summed E-state index contributed by atoms with van der Waals surface area (Å²) < 4.78 is 11.4. The fourth-order valence-electron chi connectivity index (χ4n) is 1.89. The predicted molar refractivity (Wildman–Crippen MR) is 97.0 cm³/mol. The standard InChI is InChI=1S/C18H31NO3Si/c1-15(22-23(5,6)18(2,3)4)12-13-19-17(20)21-14-16-10-8-7-9-11-16/h7-11,15H,12-14H2,1-6H3,(H,19,20). The van der Waals surface area contributed by atoms with Gasteiger partial charge in [-0.05, 0) is 37.0 Å². The highest BCUT2D eigenvalue weighted by Crippen LogP contribution is 2.37. The maximum atomic E-state index is 11.7. The van der Waals surface area contributed by atoms with Gasteiger partial charge in [-0.3, -0.25) is 0 Å². The molecular weight excluding hydrogens is 306 g/mol. The van der Waals surface area contributed by atoms with Crippen molar-refractivity contribution < 1.29 is 14.0 Å². The number of rotatable bonds is 7. The molecule has 130 valence electrons. The SMILES string of the molecule is CC(CCNC(=O)OCc1ccccc1)O[Si](C)(C)C(C)(C)C. The van der Waals surface area contributed by atoms with Crippen molar-refractivity contribution in [2.45, 2.75) is 65.0 Å². The Morgan fingerprint density at radius 3 is 2.39 bits per heavy atom. The Kier molecular flexibility index (Phi) is 7.29. The van der Waals surface area contributed by atoms with Crippen molar-refractivity contribution in [3.05, 3.63) is 35.9 Å². The highest BCUT2D eigenvalue weighted by atomic mass is 28.4. The van der Waals surface area contributed by atoms with E-state index in [2.05, 4.69) is 46.1 Å². The summed E-state index contributed by atoms with van der Waals surface area (Å²) in [6.07, 6.45) is 0.533. The molecule has 0 radical (unpaired) electrons. The Morgan fingerprint density at radius 2 is 1.83 bits per heavy atom. The van der Waals surface area contributed by atoms with Crippen LogP contribution in [-0.2, 0) is 15.8 Å². The largest absolute Gasteiger partial charge is 0.445 e. The summed E-state index contributed by atoms with van der Waals surface area (Å²) in [5, 5.41) is 2.98. The van der Waals surface area contributed by atoms with Gasteiger partial charge in [0.05, 0.1) is 0 Å². The summed E-state index contributed by atoms with van der Waals surface area (Å²) in [6.45, 7) is 14.1. The van der Waals surface area contributed by atoms with Crippen LogP contribution in [0.15, 0.2) is 30.3 Å². The van der Waals surface area contributed by atoms with Gasteiger partial charge >= 0.3 is 6.09 Å². The average Bonchev–Trinajstić information content (AvgIpc) is 2.44. The molecule has 1 unspecified atom stereocenters. The molecule has 0 heterocycles. The molecule has 1 rings (SSSR count). The van der Waals surface area contributed by atoms with Gasteiger partial charge in [0.2, 0.25) is 0 Å². The molecule has 1 amide bonds. The van der Waals surface area contributed by atoms with Crippen molar-refractivity contribution in [3.8, 4) is 0 Å². The number of benzene rings is 1. The van der Waals surface area contributed by atoms with Crippen LogP contribution in [0, 0.1) is 0 Å². The van der Waals surface area contributed by atoms with Gasteiger partial charge in [-0.1, -0.05) is 51.1 Å². The quantitative estimate of drug-likeness (QED) is 0.733. The van der Waals surface area contributed by atoms with Crippen molar-refractivity contribution >= 4 is 14.4 Å².